The maximum atomic E-state index is 12.3. The average molecular weight is 420 g/mol. The number of rotatable bonds is 6. The van der Waals surface area contributed by atoms with Crippen LogP contribution in [0.25, 0.3) is 11.0 Å². The zero-order valence-corrected chi connectivity index (χ0v) is 17.9. The molecule has 3 amide bonds. The minimum absolute atomic E-state index is 0.0881. The molecule has 1 aliphatic rings. The zero-order valence-electron chi connectivity index (χ0n) is 17.9. The number of fused-ring (bicyclic) bond motifs is 1. The van der Waals surface area contributed by atoms with Crippen molar-refractivity contribution >= 4 is 28.7 Å². The van der Waals surface area contributed by atoms with Gasteiger partial charge in [-0.15, -0.1) is 0 Å². The molecule has 1 saturated carbocycles. The summed E-state index contributed by atoms with van der Waals surface area (Å²) in [5, 5.41) is 8.94. The van der Waals surface area contributed by atoms with Crippen molar-refractivity contribution in [3.05, 3.63) is 59.9 Å². The van der Waals surface area contributed by atoms with Gasteiger partial charge in [0.15, 0.2) is 0 Å². The van der Waals surface area contributed by atoms with E-state index in [0.717, 1.165) is 35.4 Å². The van der Waals surface area contributed by atoms with Crippen LogP contribution in [-0.2, 0) is 13.5 Å². The van der Waals surface area contributed by atoms with Gasteiger partial charge in [0, 0.05) is 37.3 Å². The van der Waals surface area contributed by atoms with Crippen LogP contribution in [0.4, 0.5) is 10.5 Å². The van der Waals surface area contributed by atoms with E-state index >= 15 is 0 Å². The second kappa shape index (κ2) is 9.64. The minimum Gasteiger partial charge on any atom is -0.352 e. The Morgan fingerprint density at radius 1 is 1.06 bits per heavy atom. The van der Waals surface area contributed by atoms with E-state index in [0.29, 0.717) is 18.5 Å². The predicted molar refractivity (Wildman–Crippen MR) is 122 cm³/mol. The molecule has 1 fully saturated rings. The van der Waals surface area contributed by atoms with E-state index in [-0.39, 0.29) is 18.0 Å². The van der Waals surface area contributed by atoms with Gasteiger partial charge >= 0.3 is 6.03 Å². The summed E-state index contributed by atoms with van der Waals surface area (Å²) < 4.78 is 2.02. The fraction of sp³-hybridized carbons (Fsp3) is 0.375. The van der Waals surface area contributed by atoms with Crippen molar-refractivity contribution in [3.63, 3.8) is 0 Å². The van der Waals surface area contributed by atoms with Gasteiger partial charge in [-0.1, -0.05) is 37.5 Å². The lowest BCUT2D eigenvalue weighted by Gasteiger charge is -2.22. The molecule has 1 aromatic heterocycles. The molecule has 0 radical (unpaired) electrons. The van der Waals surface area contributed by atoms with Crippen molar-refractivity contribution in [2.45, 2.75) is 44.6 Å². The third-order valence-corrected chi connectivity index (χ3v) is 5.84. The first-order valence-electron chi connectivity index (χ1n) is 11.0. The molecule has 1 heterocycles. The van der Waals surface area contributed by atoms with Crippen LogP contribution in [0.5, 0.6) is 0 Å². The maximum absolute atomic E-state index is 12.3. The van der Waals surface area contributed by atoms with E-state index in [4.69, 9.17) is 4.98 Å². The van der Waals surface area contributed by atoms with Crippen molar-refractivity contribution in [2.75, 3.05) is 11.9 Å². The largest absolute Gasteiger partial charge is 0.352 e. The summed E-state index contributed by atoms with van der Waals surface area (Å²) >= 11 is 0. The van der Waals surface area contributed by atoms with Crippen molar-refractivity contribution in [3.8, 4) is 0 Å². The highest BCUT2D eigenvalue weighted by atomic mass is 16.2. The van der Waals surface area contributed by atoms with Gasteiger partial charge in [0.2, 0.25) is 0 Å². The van der Waals surface area contributed by atoms with Crippen molar-refractivity contribution < 1.29 is 9.59 Å². The van der Waals surface area contributed by atoms with Gasteiger partial charge < -0.3 is 20.5 Å². The number of imidazole rings is 1. The van der Waals surface area contributed by atoms with E-state index in [1.807, 2.05) is 48.0 Å². The molecule has 0 atom stereocenters. The van der Waals surface area contributed by atoms with Gasteiger partial charge in [0.05, 0.1) is 11.0 Å². The number of amides is 3. The molecule has 31 heavy (non-hydrogen) atoms. The van der Waals surface area contributed by atoms with E-state index < -0.39 is 0 Å². The number of hydrogen-bond donors (Lipinski definition) is 3. The number of benzene rings is 2. The molecular weight excluding hydrogens is 390 g/mol. The average Bonchev–Trinajstić information content (AvgIpc) is 3.09. The van der Waals surface area contributed by atoms with Gasteiger partial charge in [-0.05, 0) is 43.2 Å². The number of aromatic nitrogens is 2. The van der Waals surface area contributed by atoms with Crippen LogP contribution < -0.4 is 16.0 Å². The Balaban J connectivity index is 1.35. The molecule has 0 bridgehead atoms. The predicted octanol–water partition coefficient (Wildman–Crippen LogP) is 4.00. The second-order valence-corrected chi connectivity index (χ2v) is 8.10. The van der Waals surface area contributed by atoms with Gasteiger partial charge in [0.25, 0.3) is 5.91 Å². The maximum Gasteiger partial charge on any atom is 0.319 e. The van der Waals surface area contributed by atoms with Crippen LogP contribution in [0.15, 0.2) is 48.5 Å². The molecule has 3 aromatic rings. The number of nitrogens with one attached hydrogen (secondary N) is 3. The Labute approximate surface area is 182 Å². The smallest absolute Gasteiger partial charge is 0.319 e. The first kappa shape index (κ1) is 20.9. The lowest BCUT2D eigenvalue weighted by atomic mass is 9.96. The van der Waals surface area contributed by atoms with Crippen molar-refractivity contribution in [1.82, 2.24) is 20.2 Å². The quantitative estimate of drug-likeness (QED) is 0.564. The molecule has 0 aliphatic heterocycles. The minimum atomic E-state index is -0.161. The SMILES string of the molecule is Cn1c(CCNC(=O)c2ccccc2)nc2cc(NC(=O)NC3CCCCC3)ccc21. The number of aryl methyl sites for hydroxylation is 1. The van der Waals surface area contributed by atoms with E-state index in [2.05, 4.69) is 16.0 Å². The molecule has 1 aliphatic carbocycles. The van der Waals surface area contributed by atoms with Crippen LogP contribution >= 0.6 is 0 Å². The van der Waals surface area contributed by atoms with Crippen molar-refractivity contribution in [1.29, 1.82) is 0 Å². The van der Waals surface area contributed by atoms with Crippen LogP contribution in [0.1, 0.15) is 48.3 Å². The molecule has 0 spiro atoms. The molecule has 3 N–H and O–H groups in total. The van der Waals surface area contributed by atoms with E-state index in [1.54, 1.807) is 12.1 Å². The molecule has 0 unspecified atom stereocenters. The fourth-order valence-electron chi connectivity index (χ4n) is 4.13. The van der Waals surface area contributed by atoms with E-state index in [9.17, 15) is 9.59 Å². The van der Waals surface area contributed by atoms with Crippen LogP contribution in [0.3, 0.4) is 0 Å². The van der Waals surface area contributed by atoms with Gasteiger partial charge in [-0.3, -0.25) is 4.79 Å². The first-order valence-corrected chi connectivity index (χ1v) is 11.0. The van der Waals surface area contributed by atoms with Crippen LogP contribution in [0.2, 0.25) is 0 Å². The standard InChI is InChI=1S/C24H29N5O2/c1-29-21-13-12-19(27-24(31)26-18-10-6-3-7-11-18)16-20(21)28-22(29)14-15-25-23(30)17-8-4-2-5-9-17/h2,4-5,8-9,12-13,16,18H,3,6-7,10-11,14-15H2,1H3,(H,25,30)(H2,26,27,31). The zero-order chi connectivity index (χ0) is 21.6. The molecule has 162 valence electrons. The summed E-state index contributed by atoms with van der Waals surface area (Å²) in [5.74, 6) is 0.794. The Kier molecular flexibility index (Phi) is 6.50. The second-order valence-electron chi connectivity index (χ2n) is 8.10. The molecule has 7 nitrogen and oxygen atoms in total. The topological polar surface area (TPSA) is 88.1 Å². The monoisotopic (exact) mass is 419 g/mol. The summed E-state index contributed by atoms with van der Waals surface area (Å²) in [7, 11) is 1.96. The van der Waals surface area contributed by atoms with Crippen LogP contribution in [0, 0.1) is 0 Å². The Morgan fingerprint density at radius 3 is 2.61 bits per heavy atom. The summed E-state index contributed by atoms with van der Waals surface area (Å²) in [5.41, 5.74) is 3.18. The highest BCUT2D eigenvalue weighted by molar-refractivity contribution is 5.94. The highest BCUT2D eigenvalue weighted by Crippen LogP contribution is 2.21. The molecule has 4 rings (SSSR count). The number of hydrogen-bond acceptors (Lipinski definition) is 3. The summed E-state index contributed by atoms with van der Waals surface area (Å²) in [6, 6.07) is 15.0. The number of urea groups is 1. The summed E-state index contributed by atoms with van der Waals surface area (Å²) in [6.07, 6.45) is 6.34. The van der Waals surface area contributed by atoms with Gasteiger partial charge in [-0.25, -0.2) is 9.78 Å². The number of anilines is 1. The first-order chi connectivity index (χ1) is 15.1. The van der Waals surface area contributed by atoms with Crippen LogP contribution in [-0.4, -0.2) is 34.1 Å². The Bertz CT molecular complexity index is 1050. The Morgan fingerprint density at radius 2 is 1.84 bits per heavy atom. The normalized spacial score (nSPS) is 14.4. The van der Waals surface area contributed by atoms with Crippen molar-refractivity contribution in [2.24, 2.45) is 7.05 Å². The number of carbonyl (C=O) groups excluding carboxylic acids is 2. The number of carbonyl (C=O) groups is 2. The fourth-order valence-corrected chi connectivity index (χ4v) is 4.13. The third-order valence-electron chi connectivity index (χ3n) is 5.84. The number of nitrogens with zero attached hydrogens (tertiary/aromatic N) is 2. The molecule has 2 aromatic carbocycles. The third kappa shape index (κ3) is 5.23. The molecule has 0 saturated heterocycles. The lowest BCUT2D eigenvalue weighted by molar-refractivity contribution is 0.0954. The van der Waals surface area contributed by atoms with E-state index in [1.165, 1.54) is 19.3 Å². The van der Waals surface area contributed by atoms with Gasteiger partial charge in [0.1, 0.15) is 5.82 Å². The molecular formula is C24H29N5O2. The Hall–Kier alpha value is -3.35. The lowest BCUT2D eigenvalue weighted by Crippen LogP contribution is -2.38. The highest BCUT2D eigenvalue weighted by Gasteiger charge is 2.16. The summed E-state index contributed by atoms with van der Waals surface area (Å²) in [4.78, 5) is 29.2. The summed E-state index contributed by atoms with van der Waals surface area (Å²) in [6.45, 7) is 0.500. The van der Waals surface area contributed by atoms with Gasteiger partial charge in [-0.2, -0.15) is 0 Å². The molecule has 7 heteroatoms.